The molecule has 0 aliphatic carbocycles. The van der Waals surface area contributed by atoms with E-state index in [1.165, 1.54) is 0 Å². The molecule has 2 N–H and O–H groups in total. The summed E-state index contributed by atoms with van der Waals surface area (Å²) in [6.07, 6.45) is 3.58. The number of amides is 1. The van der Waals surface area contributed by atoms with E-state index >= 15 is 0 Å². The highest BCUT2D eigenvalue weighted by atomic mass is 32.1. The summed E-state index contributed by atoms with van der Waals surface area (Å²) < 4.78 is 0. The van der Waals surface area contributed by atoms with Crippen LogP contribution in [0.2, 0.25) is 0 Å². The van der Waals surface area contributed by atoms with Crippen molar-refractivity contribution < 1.29 is 4.79 Å². The van der Waals surface area contributed by atoms with Gasteiger partial charge in [-0.15, -0.1) is 0 Å². The van der Waals surface area contributed by atoms with Crippen LogP contribution in [0.5, 0.6) is 0 Å². The van der Waals surface area contributed by atoms with Crippen LogP contribution in [0.3, 0.4) is 0 Å². The average molecular weight is 202 g/mol. The summed E-state index contributed by atoms with van der Waals surface area (Å²) >= 11 is 4.91. The lowest BCUT2D eigenvalue weighted by Crippen LogP contribution is -2.39. The van der Waals surface area contributed by atoms with Gasteiger partial charge in [-0.05, 0) is 25.1 Å². The Morgan fingerprint density at radius 3 is 2.54 bits per heavy atom. The van der Waals surface area contributed by atoms with Gasteiger partial charge in [0, 0.05) is 13.0 Å². The first-order valence-electron chi connectivity index (χ1n) is 4.78. The minimum absolute atomic E-state index is 0.00324. The molecule has 0 fully saturated rings. The van der Waals surface area contributed by atoms with Crippen molar-refractivity contribution in [2.45, 2.75) is 39.5 Å². The van der Waals surface area contributed by atoms with Crippen molar-refractivity contribution in [1.29, 1.82) is 0 Å². The molecular weight excluding hydrogens is 184 g/mol. The van der Waals surface area contributed by atoms with Crippen LogP contribution in [-0.4, -0.2) is 17.6 Å². The Bertz CT molecular complexity index is 171. The second kappa shape index (κ2) is 7.98. The standard InChI is InChI=1S/C9H18N2OS/c1-3-5-7-10-9(13)11-8(12)6-4-2/h3-7H2,1-2H3,(H2,10,11,12,13). The number of thiocarbonyl (C=S) groups is 1. The van der Waals surface area contributed by atoms with E-state index in [1.54, 1.807) is 0 Å². The molecule has 0 aromatic heterocycles. The molecule has 0 unspecified atom stereocenters. The predicted octanol–water partition coefficient (Wildman–Crippen LogP) is 1.58. The maximum atomic E-state index is 11.0. The molecule has 0 saturated carbocycles. The number of rotatable bonds is 5. The molecule has 0 atom stereocenters. The van der Waals surface area contributed by atoms with E-state index in [4.69, 9.17) is 12.2 Å². The highest BCUT2D eigenvalue weighted by molar-refractivity contribution is 7.80. The zero-order valence-corrected chi connectivity index (χ0v) is 9.17. The van der Waals surface area contributed by atoms with Crippen LogP contribution < -0.4 is 10.6 Å². The highest BCUT2D eigenvalue weighted by Crippen LogP contribution is 1.86. The van der Waals surface area contributed by atoms with E-state index in [1.807, 2.05) is 6.92 Å². The third kappa shape index (κ3) is 7.71. The topological polar surface area (TPSA) is 41.1 Å². The van der Waals surface area contributed by atoms with Crippen molar-refractivity contribution in [2.24, 2.45) is 0 Å². The van der Waals surface area contributed by atoms with Crippen molar-refractivity contribution in [3.63, 3.8) is 0 Å². The van der Waals surface area contributed by atoms with Crippen molar-refractivity contribution in [3.8, 4) is 0 Å². The number of hydrogen-bond acceptors (Lipinski definition) is 2. The number of unbranched alkanes of at least 4 members (excludes halogenated alkanes) is 1. The Labute approximate surface area is 85.3 Å². The van der Waals surface area contributed by atoms with E-state index in [2.05, 4.69) is 17.6 Å². The first kappa shape index (κ1) is 12.4. The van der Waals surface area contributed by atoms with Crippen LogP contribution in [0.4, 0.5) is 0 Å². The molecular formula is C9H18N2OS. The molecule has 3 nitrogen and oxygen atoms in total. The Morgan fingerprint density at radius 2 is 2.00 bits per heavy atom. The van der Waals surface area contributed by atoms with Gasteiger partial charge in [0.1, 0.15) is 0 Å². The molecule has 1 amide bonds. The monoisotopic (exact) mass is 202 g/mol. The zero-order valence-electron chi connectivity index (χ0n) is 8.35. The van der Waals surface area contributed by atoms with Gasteiger partial charge < -0.3 is 10.6 Å². The first-order chi connectivity index (χ1) is 6.20. The molecule has 0 aliphatic heterocycles. The third-order valence-electron chi connectivity index (χ3n) is 1.55. The van der Waals surface area contributed by atoms with Crippen molar-refractivity contribution in [3.05, 3.63) is 0 Å². The minimum atomic E-state index is -0.00324. The second-order valence-corrected chi connectivity index (χ2v) is 3.32. The van der Waals surface area contributed by atoms with Crippen LogP contribution in [-0.2, 0) is 4.79 Å². The van der Waals surface area contributed by atoms with Gasteiger partial charge in [0.25, 0.3) is 0 Å². The van der Waals surface area contributed by atoms with E-state index in [0.717, 1.165) is 25.8 Å². The normalized spacial score (nSPS) is 9.38. The smallest absolute Gasteiger partial charge is 0.226 e. The van der Waals surface area contributed by atoms with Crippen molar-refractivity contribution in [2.75, 3.05) is 6.54 Å². The summed E-state index contributed by atoms with van der Waals surface area (Å²) in [7, 11) is 0. The maximum Gasteiger partial charge on any atom is 0.226 e. The lowest BCUT2D eigenvalue weighted by atomic mass is 10.3. The molecule has 0 heterocycles. The summed E-state index contributed by atoms with van der Waals surface area (Å²) in [6, 6.07) is 0. The average Bonchev–Trinajstić information content (AvgIpc) is 2.05. The van der Waals surface area contributed by atoms with Gasteiger partial charge in [-0.2, -0.15) is 0 Å². The van der Waals surface area contributed by atoms with Crippen LogP contribution in [0.15, 0.2) is 0 Å². The molecule has 0 aromatic rings. The lowest BCUT2D eigenvalue weighted by Gasteiger charge is -2.07. The van der Waals surface area contributed by atoms with Gasteiger partial charge in [0.2, 0.25) is 5.91 Å². The summed E-state index contributed by atoms with van der Waals surface area (Å²) in [6.45, 7) is 4.91. The maximum absolute atomic E-state index is 11.0. The Morgan fingerprint density at radius 1 is 1.31 bits per heavy atom. The van der Waals surface area contributed by atoms with Crippen LogP contribution in [0.25, 0.3) is 0 Å². The second-order valence-electron chi connectivity index (χ2n) is 2.91. The van der Waals surface area contributed by atoms with Crippen LogP contribution in [0.1, 0.15) is 39.5 Å². The van der Waals surface area contributed by atoms with E-state index < -0.39 is 0 Å². The molecule has 0 saturated heterocycles. The number of carbonyl (C=O) groups excluding carboxylic acids is 1. The van der Waals surface area contributed by atoms with Crippen molar-refractivity contribution in [1.82, 2.24) is 10.6 Å². The quantitative estimate of drug-likeness (QED) is 0.525. The number of carbonyl (C=O) groups is 1. The fourth-order valence-electron chi connectivity index (χ4n) is 0.839. The Hall–Kier alpha value is -0.640. The molecule has 4 heteroatoms. The molecule has 76 valence electrons. The minimum Gasteiger partial charge on any atom is -0.362 e. The van der Waals surface area contributed by atoms with Gasteiger partial charge in [0.15, 0.2) is 5.11 Å². The lowest BCUT2D eigenvalue weighted by molar-refractivity contribution is -0.119. The summed E-state index contributed by atoms with van der Waals surface area (Å²) in [4.78, 5) is 11.0. The summed E-state index contributed by atoms with van der Waals surface area (Å²) in [5, 5.41) is 6.04. The summed E-state index contributed by atoms with van der Waals surface area (Å²) in [5.41, 5.74) is 0. The molecule has 0 spiro atoms. The highest BCUT2D eigenvalue weighted by Gasteiger charge is 2.01. The molecule has 0 bridgehead atoms. The Kier molecular flexibility index (Phi) is 7.59. The molecule has 0 aliphatic rings. The van der Waals surface area contributed by atoms with Gasteiger partial charge in [0.05, 0.1) is 0 Å². The van der Waals surface area contributed by atoms with E-state index in [9.17, 15) is 4.79 Å². The van der Waals surface area contributed by atoms with Gasteiger partial charge >= 0.3 is 0 Å². The SMILES string of the molecule is CCCCNC(=S)NC(=O)CCC. The third-order valence-corrected chi connectivity index (χ3v) is 1.79. The van der Waals surface area contributed by atoms with Crippen LogP contribution in [0, 0.1) is 0 Å². The molecule has 0 radical (unpaired) electrons. The predicted molar refractivity (Wildman–Crippen MR) is 58.6 cm³/mol. The number of hydrogen-bond donors (Lipinski definition) is 2. The fourth-order valence-corrected chi connectivity index (χ4v) is 1.05. The zero-order chi connectivity index (χ0) is 10.1. The number of nitrogens with one attached hydrogen (secondary N) is 2. The van der Waals surface area contributed by atoms with Gasteiger partial charge in [-0.1, -0.05) is 20.3 Å². The van der Waals surface area contributed by atoms with Gasteiger partial charge in [-0.25, -0.2) is 0 Å². The largest absolute Gasteiger partial charge is 0.362 e. The molecule has 0 rings (SSSR count). The van der Waals surface area contributed by atoms with Crippen molar-refractivity contribution >= 4 is 23.2 Å². The van der Waals surface area contributed by atoms with Crippen LogP contribution >= 0.6 is 12.2 Å². The molecule has 0 aromatic carbocycles. The summed E-state index contributed by atoms with van der Waals surface area (Å²) in [5.74, 6) is -0.00324. The first-order valence-corrected chi connectivity index (χ1v) is 5.19. The molecule has 13 heavy (non-hydrogen) atoms. The fraction of sp³-hybridized carbons (Fsp3) is 0.778. The van der Waals surface area contributed by atoms with E-state index in [-0.39, 0.29) is 5.91 Å². The van der Waals surface area contributed by atoms with Gasteiger partial charge in [-0.3, -0.25) is 4.79 Å². The Balaban J connectivity index is 3.44. The van der Waals surface area contributed by atoms with E-state index in [0.29, 0.717) is 11.5 Å².